The highest BCUT2D eigenvalue weighted by molar-refractivity contribution is 7.15. The summed E-state index contributed by atoms with van der Waals surface area (Å²) < 4.78 is 0. The van der Waals surface area contributed by atoms with Crippen LogP contribution in [0.15, 0.2) is 0 Å². The third-order valence-corrected chi connectivity index (χ3v) is 4.99. The third-order valence-electron chi connectivity index (χ3n) is 3.76. The van der Waals surface area contributed by atoms with Gasteiger partial charge in [0.05, 0.1) is 12.2 Å². The fourth-order valence-corrected chi connectivity index (χ4v) is 3.76. The molecule has 0 saturated carbocycles. The van der Waals surface area contributed by atoms with Crippen molar-refractivity contribution in [2.45, 2.75) is 38.6 Å². The van der Waals surface area contributed by atoms with Gasteiger partial charge >= 0.3 is 0 Å². The molecule has 4 heteroatoms. The van der Waals surface area contributed by atoms with E-state index in [-0.39, 0.29) is 0 Å². The summed E-state index contributed by atoms with van der Waals surface area (Å²) in [5.74, 6) is 2.67. The molecule has 0 amide bonds. The maximum Gasteiger partial charge on any atom is 0.186 e. The smallest absolute Gasteiger partial charge is 0.186 e. The molecular weight excluding hydrogens is 254 g/mol. The van der Waals surface area contributed by atoms with Gasteiger partial charge in [0, 0.05) is 18.0 Å². The van der Waals surface area contributed by atoms with E-state index in [9.17, 15) is 0 Å². The summed E-state index contributed by atoms with van der Waals surface area (Å²) in [5, 5.41) is 1.07. The number of thiazole rings is 1. The number of hydrogen-bond acceptors (Lipinski definition) is 4. The number of likely N-dealkylation sites (N-methyl/N-ethyl adjacent to an activating group) is 1. The zero-order chi connectivity index (χ0) is 13.8. The van der Waals surface area contributed by atoms with Gasteiger partial charge in [-0.1, -0.05) is 12.8 Å². The fourth-order valence-electron chi connectivity index (χ4n) is 2.62. The van der Waals surface area contributed by atoms with Crippen molar-refractivity contribution in [3.05, 3.63) is 10.6 Å². The van der Waals surface area contributed by atoms with Crippen LogP contribution in [0.3, 0.4) is 0 Å². The van der Waals surface area contributed by atoms with Gasteiger partial charge in [0.1, 0.15) is 0 Å². The second kappa shape index (κ2) is 6.40. The first-order chi connectivity index (χ1) is 9.15. The molecule has 0 saturated heterocycles. The minimum atomic E-state index is 0.631. The first-order valence-electron chi connectivity index (χ1n) is 6.99. The lowest BCUT2D eigenvalue weighted by Crippen LogP contribution is -2.36. The molecule has 0 aliphatic heterocycles. The molecule has 19 heavy (non-hydrogen) atoms. The number of nitrogens with zero attached hydrogens (tertiary/aromatic N) is 3. The Hall–Kier alpha value is -1.05. The maximum atomic E-state index is 5.36. The molecule has 0 radical (unpaired) electrons. The van der Waals surface area contributed by atoms with Gasteiger partial charge in [-0.15, -0.1) is 17.8 Å². The van der Waals surface area contributed by atoms with Crippen molar-refractivity contribution in [1.82, 2.24) is 9.88 Å². The van der Waals surface area contributed by atoms with Crippen molar-refractivity contribution in [2.24, 2.45) is 0 Å². The van der Waals surface area contributed by atoms with Crippen molar-refractivity contribution in [3.8, 4) is 12.3 Å². The molecule has 104 valence electrons. The van der Waals surface area contributed by atoms with Gasteiger partial charge in [0.25, 0.3) is 0 Å². The molecule has 0 bridgehead atoms. The number of aromatic nitrogens is 1. The summed E-state index contributed by atoms with van der Waals surface area (Å²) in [6.45, 7) is 4.05. The van der Waals surface area contributed by atoms with Crippen LogP contribution in [0.5, 0.6) is 0 Å². The molecule has 2 rings (SSSR count). The van der Waals surface area contributed by atoms with Gasteiger partial charge in [-0.2, -0.15) is 0 Å². The molecule has 1 aromatic heterocycles. The number of terminal acetylenes is 1. The minimum Gasteiger partial charge on any atom is -0.340 e. The number of hydrogen-bond donors (Lipinski definition) is 0. The second-order valence-corrected chi connectivity index (χ2v) is 6.37. The average Bonchev–Trinajstić information content (AvgIpc) is 2.82. The quantitative estimate of drug-likeness (QED) is 0.771. The SMILES string of the molecule is C#CCN(C)c1nc2c(s1)CC(N(C)CCC)CC2. The van der Waals surface area contributed by atoms with Gasteiger partial charge in [-0.05, 0) is 39.3 Å². The molecule has 1 aliphatic carbocycles. The molecule has 0 spiro atoms. The van der Waals surface area contributed by atoms with Crippen LogP contribution < -0.4 is 4.90 Å². The first kappa shape index (κ1) is 14.4. The van der Waals surface area contributed by atoms with E-state index in [1.54, 1.807) is 0 Å². The monoisotopic (exact) mass is 277 g/mol. The predicted octanol–water partition coefficient (Wildman–Crippen LogP) is 2.41. The van der Waals surface area contributed by atoms with Gasteiger partial charge < -0.3 is 9.80 Å². The molecule has 1 heterocycles. The van der Waals surface area contributed by atoms with Crippen molar-refractivity contribution in [2.75, 3.05) is 32.1 Å². The van der Waals surface area contributed by atoms with Crippen LogP contribution in [0, 0.1) is 12.3 Å². The van der Waals surface area contributed by atoms with Crippen LogP contribution in [0.4, 0.5) is 5.13 Å². The number of fused-ring (bicyclic) bond motifs is 1. The standard InChI is InChI=1S/C15H23N3S/c1-5-9-17(3)12-7-8-13-14(11-12)19-15(16-13)18(4)10-6-2/h2,12H,5,7-11H2,1,3-4H3. The summed E-state index contributed by atoms with van der Waals surface area (Å²) in [6.07, 6.45) is 10.1. The van der Waals surface area contributed by atoms with E-state index in [1.807, 2.05) is 18.4 Å². The summed E-state index contributed by atoms with van der Waals surface area (Å²) in [4.78, 5) is 10.8. The van der Waals surface area contributed by atoms with Crippen molar-refractivity contribution >= 4 is 16.5 Å². The van der Waals surface area contributed by atoms with Gasteiger partial charge in [0.2, 0.25) is 0 Å². The van der Waals surface area contributed by atoms with Gasteiger partial charge in [-0.3, -0.25) is 0 Å². The number of rotatable bonds is 5. The Morgan fingerprint density at radius 1 is 1.47 bits per heavy atom. The number of anilines is 1. The second-order valence-electron chi connectivity index (χ2n) is 5.30. The predicted molar refractivity (Wildman–Crippen MR) is 83.0 cm³/mol. The zero-order valence-corrected chi connectivity index (χ0v) is 13.0. The Morgan fingerprint density at radius 2 is 2.26 bits per heavy atom. The molecule has 1 atom stereocenters. The number of aryl methyl sites for hydroxylation is 1. The summed E-state index contributed by atoms with van der Waals surface area (Å²) in [7, 11) is 4.26. The molecule has 3 nitrogen and oxygen atoms in total. The molecule has 1 unspecified atom stereocenters. The molecule has 1 aromatic rings. The lowest BCUT2D eigenvalue weighted by Gasteiger charge is -2.30. The van der Waals surface area contributed by atoms with Crippen LogP contribution >= 0.6 is 11.3 Å². The Labute approximate surface area is 120 Å². The van der Waals surface area contributed by atoms with E-state index in [2.05, 4.69) is 29.7 Å². The molecule has 0 fully saturated rings. The van der Waals surface area contributed by atoms with Crippen LogP contribution in [0.1, 0.15) is 30.3 Å². The largest absolute Gasteiger partial charge is 0.340 e. The normalized spacial score (nSPS) is 18.2. The molecule has 0 aromatic carbocycles. The van der Waals surface area contributed by atoms with Crippen LogP contribution in [0.25, 0.3) is 0 Å². The van der Waals surface area contributed by atoms with E-state index in [4.69, 9.17) is 11.4 Å². The first-order valence-corrected chi connectivity index (χ1v) is 7.80. The Bertz CT molecular complexity index is 460. The Morgan fingerprint density at radius 3 is 2.95 bits per heavy atom. The van der Waals surface area contributed by atoms with Crippen LogP contribution in [-0.4, -0.2) is 43.1 Å². The van der Waals surface area contributed by atoms with E-state index in [0.717, 1.165) is 18.0 Å². The van der Waals surface area contributed by atoms with Gasteiger partial charge in [-0.25, -0.2) is 4.98 Å². The summed E-state index contributed by atoms with van der Waals surface area (Å²) in [6, 6.07) is 0.679. The molecular formula is C15H23N3S. The fraction of sp³-hybridized carbons (Fsp3) is 0.667. The Balaban J connectivity index is 2.07. The van der Waals surface area contributed by atoms with Crippen molar-refractivity contribution in [1.29, 1.82) is 0 Å². The van der Waals surface area contributed by atoms with Crippen LogP contribution in [-0.2, 0) is 12.8 Å². The summed E-state index contributed by atoms with van der Waals surface area (Å²) >= 11 is 1.82. The molecule has 1 aliphatic rings. The Kier molecular flexibility index (Phi) is 4.84. The summed E-state index contributed by atoms with van der Waals surface area (Å²) in [5.41, 5.74) is 1.30. The third kappa shape index (κ3) is 3.29. The lowest BCUT2D eigenvalue weighted by molar-refractivity contribution is 0.223. The van der Waals surface area contributed by atoms with Crippen molar-refractivity contribution < 1.29 is 0 Å². The maximum absolute atomic E-state index is 5.36. The van der Waals surface area contributed by atoms with E-state index < -0.39 is 0 Å². The average molecular weight is 277 g/mol. The van der Waals surface area contributed by atoms with E-state index >= 15 is 0 Å². The molecule has 0 N–H and O–H groups in total. The van der Waals surface area contributed by atoms with Crippen molar-refractivity contribution in [3.63, 3.8) is 0 Å². The minimum absolute atomic E-state index is 0.631. The highest BCUT2D eigenvalue weighted by Crippen LogP contribution is 2.32. The zero-order valence-electron chi connectivity index (χ0n) is 12.1. The van der Waals surface area contributed by atoms with Crippen LogP contribution in [0.2, 0.25) is 0 Å². The highest BCUT2D eigenvalue weighted by Gasteiger charge is 2.25. The highest BCUT2D eigenvalue weighted by atomic mass is 32.1. The van der Waals surface area contributed by atoms with E-state index in [0.29, 0.717) is 12.6 Å². The lowest BCUT2D eigenvalue weighted by atomic mass is 9.96. The van der Waals surface area contributed by atoms with Gasteiger partial charge in [0.15, 0.2) is 5.13 Å². The topological polar surface area (TPSA) is 19.4 Å². The van der Waals surface area contributed by atoms with E-state index in [1.165, 1.54) is 30.0 Å².